The molecule has 7 heteroatoms. The number of nitrogens with zero attached hydrogens (tertiary/aromatic N) is 3. The first-order valence-corrected chi connectivity index (χ1v) is 9.51. The van der Waals surface area contributed by atoms with Crippen molar-refractivity contribution in [2.24, 2.45) is 11.8 Å². The number of rotatable bonds is 3. The fourth-order valence-corrected chi connectivity index (χ4v) is 4.71. The minimum Gasteiger partial charge on any atom is -0.454 e. The van der Waals surface area contributed by atoms with Gasteiger partial charge < -0.3 is 19.5 Å². The number of carbonyl (C=O) groups excluding carboxylic acids is 1. The Kier molecular flexibility index (Phi) is 4.04. The summed E-state index contributed by atoms with van der Waals surface area (Å²) in [5.41, 5.74) is 0.938. The lowest BCUT2D eigenvalue weighted by molar-refractivity contribution is -0.129. The van der Waals surface area contributed by atoms with Crippen LogP contribution in [0.25, 0.3) is 0 Å². The summed E-state index contributed by atoms with van der Waals surface area (Å²) < 4.78 is 12.6. The minimum atomic E-state index is -0.407. The monoisotopic (exact) mass is 369 g/mol. The number of ether oxygens (including phenoxy) is 2. The molecule has 2 aromatic rings. The summed E-state index contributed by atoms with van der Waals surface area (Å²) in [6.45, 7) is 1.73. The summed E-state index contributed by atoms with van der Waals surface area (Å²) in [7, 11) is 0. The Balaban J connectivity index is 1.24. The zero-order valence-corrected chi connectivity index (χ0v) is 15.0. The second-order valence-electron chi connectivity index (χ2n) is 7.78. The van der Waals surface area contributed by atoms with Crippen molar-refractivity contribution in [3.63, 3.8) is 0 Å². The molecule has 1 N–H and O–H groups in total. The molecule has 27 heavy (non-hydrogen) atoms. The minimum absolute atomic E-state index is 0.00478. The highest BCUT2D eigenvalue weighted by Gasteiger charge is 2.43. The van der Waals surface area contributed by atoms with Crippen LogP contribution in [0.5, 0.6) is 11.5 Å². The summed E-state index contributed by atoms with van der Waals surface area (Å²) in [4.78, 5) is 14.8. The van der Waals surface area contributed by atoms with Crippen LogP contribution < -0.4 is 9.47 Å². The first-order valence-electron chi connectivity index (χ1n) is 9.51. The van der Waals surface area contributed by atoms with Crippen LogP contribution in [0.3, 0.4) is 0 Å². The first-order chi connectivity index (χ1) is 13.2. The highest BCUT2D eigenvalue weighted by molar-refractivity contribution is 5.79. The normalized spacial score (nSPS) is 29.0. The van der Waals surface area contributed by atoms with E-state index < -0.39 is 6.10 Å². The fraction of sp³-hybridized carbons (Fsp3) is 0.500. The SMILES string of the molecule is O=C(Cc1ccc2c(c1)OCO2)N1C[C@H]2C[C@@H](n3cccn3)[C@H](O)C[C@H]2C1. The van der Waals surface area contributed by atoms with E-state index in [-0.39, 0.29) is 18.7 Å². The molecule has 7 nitrogen and oxygen atoms in total. The molecule has 4 atom stereocenters. The smallest absolute Gasteiger partial charge is 0.231 e. The van der Waals surface area contributed by atoms with Crippen LogP contribution in [-0.2, 0) is 11.2 Å². The quantitative estimate of drug-likeness (QED) is 0.890. The van der Waals surface area contributed by atoms with Crippen molar-refractivity contribution < 1.29 is 19.4 Å². The summed E-state index contributed by atoms with van der Waals surface area (Å²) in [5, 5.41) is 14.8. The van der Waals surface area contributed by atoms with E-state index >= 15 is 0 Å². The number of amides is 1. The van der Waals surface area contributed by atoms with E-state index in [0.717, 1.165) is 37.2 Å². The second kappa shape index (κ2) is 6.56. The molecule has 0 bridgehead atoms. The average molecular weight is 369 g/mol. The number of aliphatic hydroxyl groups is 1. The van der Waals surface area contributed by atoms with Crippen LogP contribution in [0, 0.1) is 11.8 Å². The zero-order valence-electron chi connectivity index (χ0n) is 15.0. The van der Waals surface area contributed by atoms with E-state index in [9.17, 15) is 9.90 Å². The molecule has 0 radical (unpaired) electrons. The van der Waals surface area contributed by atoms with Crippen molar-refractivity contribution in [3.8, 4) is 11.5 Å². The van der Waals surface area contributed by atoms with E-state index in [4.69, 9.17) is 9.47 Å². The number of hydrogen-bond donors (Lipinski definition) is 1. The maximum absolute atomic E-state index is 12.8. The van der Waals surface area contributed by atoms with Crippen molar-refractivity contribution >= 4 is 5.91 Å². The molecule has 1 aromatic carbocycles. The largest absolute Gasteiger partial charge is 0.454 e. The molecular formula is C20H23N3O4. The van der Waals surface area contributed by atoms with Crippen LogP contribution in [0.4, 0.5) is 0 Å². The Bertz CT molecular complexity index is 838. The number of carbonyl (C=O) groups is 1. The van der Waals surface area contributed by atoms with Gasteiger partial charge in [0.1, 0.15) is 0 Å². The van der Waals surface area contributed by atoms with E-state index in [1.165, 1.54) is 0 Å². The van der Waals surface area contributed by atoms with Gasteiger partial charge in [0, 0.05) is 25.5 Å². The number of benzene rings is 1. The Morgan fingerprint density at radius 2 is 2.00 bits per heavy atom. The van der Waals surface area contributed by atoms with Crippen molar-refractivity contribution in [2.75, 3.05) is 19.9 Å². The number of aromatic nitrogens is 2. The van der Waals surface area contributed by atoms with Gasteiger partial charge >= 0.3 is 0 Å². The summed E-state index contributed by atoms with van der Waals surface area (Å²) >= 11 is 0. The first kappa shape index (κ1) is 16.6. The van der Waals surface area contributed by atoms with Crippen LogP contribution in [0.2, 0.25) is 0 Å². The third kappa shape index (κ3) is 3.06. The predicted octanol–water partition coefficient (Wildman–Crippen LogP) is 1.62. The number of likely N-dealkylation sites (tertiary alicyclic amines) is 1. The van der Waals surface area contributed by atoms with Gasteiger partial charge in [0.15, 0.2) is 11.5 Å². The lowest BCUT2D eigenvalue weighted by Crippen LogP contribution is -2.36. The molecule has 0 unspecified atom stereocenters. The van der Waals surface area contributed by atoms with Gasteiger partial charge in [-0.2, -0.15) is 5.10 Å². The topological polar surface area (TPSA) is 76.8 Å². The van der Waals surface area contributed by atoms with Crippen LogP contribution in [-0.4, -0.2) is 51.7 Å². The molecule has 1 aromatic heterocycles. The summed E-state index contributed by atoms with van der Waals surface area (Å²) in [5.74, 6) is 2.36. The van der Waals surface area contributed by atoms with Crippen LogP contribution in [0.1, 0.15) is 24.4 Å². The zero-order chi connectivity index (χ0) is 18.4. The van der Waals surface area contributed by atoms with Gasteiger partial charge in [0.25, 0.3) is 0 Å². The molecule has 3 heterocycles. The molecule has 0 spiro atoms. The van der Waals surface area contributed by atoms with Gasteiger partial charge in [-0.3, -0.25) is 9.48 Å². The predicted molar refractivity (Wildman–Crippen MR) is 96.3 cm³/mol. The molecule has 1 aliphatic carbocycles. The van der Waals surface area contributed by atoms with Crippen molar-refractivity contribution in [2.45, 2.75) is 31.4 Å². The van der Waals surface area contributed by atoms with Gasteiger partial charge in [-0.05, 0) is 48.4 Å². The molecule has 1 amide bonds. The Labute approximate surface area is 157 Å². The number of aliphatic hydroxyl groups excluding tert-OH is 1. The number of fused-ring (bicyclic) bond motifs is 2. The molecular weight excluding hydrogens is 346 g/mol. The fourth-order valence-electron chi connectivity index (χ4n) is 4.71. The summed E-state index contributed by atoms with van der Waals surface area (Å²) in [6.07, 6.45) is 5.20. The molecule has 1 saturated carbocycles. The maximum Gasteiger partial charge on any atom is 0.231 e. The molecule has 1 saturated heterocycles. The molecule has 2 fully saturated rings. The lowest BCUT2D eigenvalue weighted by Gasteiger charge is -2.35. The summed E-state index contributed by atoms with van der Waals surface area (Å²) in [6, 6.07) is 7.56. The molecule has 5 rings (SSSR count). The van der Waals surface area contributed by atoms with Crippen molar-refractivity contribution in [1.29, 1.82) is 0 Å². The molecule has 2 aliphatic heterocycles. The Morgan fingerprint density at radius 1 is 1.19 bits per heavy atom. The third-order valence-electron chi connectivity index (χ3n) is 6.12. The van der Waals surface area contributed by atoms with Gasteiger partial charge in [-0.15, -0.1) is 0 Å². The standard InChI is InChI=1S/C20H23N3O4/c24-17-9-15-11-22(10-14(15)8-16(17)23-5-1-4-21-23)20(25)7-13-2-3-18-19(6-13)27-12-26-18/h1-6,14-17,24H,7-12H2/t14-,15+,16-,17-/m1/s1. The van der Waals surface area contributed by atoms with Gasteiger partial charge in [-0.1, -0.05) is 6.07 Å². The third-order valence-corrected chi connectivity index (χ3v) is 6.12. The average Bonchev–Trinajstić information content (AvgIpc) is 3.40. The van der Waals surface area contributed by atoms with Crippen molar-refractivity contribution in [1.82, 2.24) is 14.7 Å². The van der Waals surface area contributed by atoms with Crippen molar-refractivity contribution in [3.05, 3.63) is 42.2 Å². The second-order valence-corrected chi connectivity index (χ2v) is 7.78. The van der Waals surface area contributed by atoms with E-state index in [2.05, 4.69) is 5.10 Å². The van der Waals surface area contributed by atoms with E-state index in [1.54, 1.807) is 6.20 Å². The van der Waals surface area contributed by atoms with E-state index in [0.29, 0.717) is 24.0 Å². The van der Waals surface area contributed by atoms with Gasteiger partial charge in [0.2, 0.25) is 12.7 Å². The number of hydrogen-bond acceptors (Lipinski definition) is 5. The molecule has 3 aliphatic rings. The highest BCUT2D eigenvalue weighted by Crippen LogP contribution is 2.41. The van der Waals surface area contributed by atoms with E-state index in [1.807, 2.05) is 40.0 Å². The van der Waals surface area contributed by atoms with Crippen LogP contribution in [0.15, 0.2) is 36.7 Å². The highest BCUT2D eigenvalue weighted by atomic mass is 16.7. The van der Waals surface area contributed by atoms with Crippen LogP contribution >= 0.6 is 0 Å². The lowest BCUT2D eigenvalue weighted by atomic mass is 9.77. The Morgan fingerprint density at radius 3 is 2.81 bits per heavy atom. The van der Waals surface area contributed by atoms with Gasteiger partial charge in [-0.25, -0.2) is 0 Å². The Hall–Kier alpha value is -2.54. The van der Waals surface area contributed by atoms with Gasteiger partial charge in [0.05, 0.1) is 18.6 Å². The maximum atomic E-state index is 12.8. The molecule has 142 valence electrons.